The summed E-state index contributed by atoms with van der Waals surface area (Å²) >= 11 is 15.1. The van der Waals surface area contributed by atoms with Crippen molar-refractivity contribution in [2.75, 3.05) is 7.11 Å². The predicted molar refractivity (Wildman–Crippen MR) is 134 cm³/mol. The van der Waals surface area contributed by atoms with Crippen LogP contribution in [0.5, 0.6) is 0 Å². The van der Waals surface area contributed by atoms with Gasteiger partial charge >= 0.3 is 5.97 Å². The van der Waals surface area contributed by atoms with Crippen molar-refractivity contribution >= 4 is 57.9 Å². The molecule has 0 saturated heterocycles. The van der Waals surface area contributed by atoms with Gasteiger partial charge in [0.15, 0.2) is 4.80 Å². The topological polar surface area (TPSA) is 73.8 Å². The Bertz CT molecular complexity index is 1630. The number of methoxy groups -OCH3 is 1. The van der Waals surface area contributed by atoms with Crippen LogP contribution in [-0.2, 0) is 9.53 Å². The number of fused-ring (bicyclic) bond motifs is 1. The number of aromatic nitrogens is 1. The second-order valence-corrected chi connectivity index (χ2v) is 10.2. The van der Waals surface area contributed by atoms with Crippen molar-refractivity contribution in [2.45, 2.75) is 13.0 Å². The van der Waals surface area contributed by atoms with E-state index in [1.54, 1.807) is 47.9 Å². The van der Waals surface area contributed by atoms with Gasteiger partial charge in [0.25, 0.3) is 5.56 Å². The molecule has 1 aliphatic heterocycles. The molecule has 0 bridgehead atoms. The second-order valence-electron chi connectivity index (χ2n) is 7.41. The molecule has 0 spiro atoms. The van der Waals surface area contributed by atoms with Crippen LogP contribution in [0.25, 0.3) is 17.4 Å². The van der Waals surface area contributed by atoms with Gasteiger partial charge < -0.3 is 9.15 Å². The Morgan fingerprint density at radius 1 is 1.24 bits per heavy atom. The van der Waals surface area contributed by atoms with Crippen molar-refractivity contribution in [1.29, 1.82) is 0 Å². The fourth-order valence-corrected chi connectivity index (χ4v) is 6.03. The number of hydrogen-bond donors (Lipinski definition) is 0. The number of rotatable bonds is 4. The van der Waals surface area contributed by atoms with Gasteiger partial charge in [0.1, 0.15) is 17.6 Å². The average Bonchev–Trinajstić information content (AvgIpc) is 3.56. The fraction of sp³-hybridized carbons (Fsp3) is 0.125. The lowest BCUT2D eigenvalue weighted by atomic mass is 10.0. The number of thiazole rings is 1. The third-order valence-corrected chi connectivity index (χ3v) is 7.81. The number of benzene rings is 1. The number of nitrogens with zero attached hydrogens (tertiary/aromatic N) is 2. The summed E-state index contributed by atoms with van der Waals surface area (Å²) in [4.78, 5) is 32.0. The van der Waals surface area contributed by atoms with Gasteiger partial charge in [-0.05, 0) is 48.7 Å². The molecular weight excluding hydrogens is 515 g/mol. The molecule has 0 N–H and O–H groups in total. The number of esters is 1. The third kappa shape index (κ3) is 3.96. The third-order valence-electron chi connectivity index (χ3n) is 5.33. The number of carbonyl (C=O) groups excluding carboxylic acids is 1. The summed E-state index contributed by atoms with van der Waals surface area (Å²) in [5.41, 5.74) is 1.26. The Kier molecular flexibility index (Phi) is 6.07. The predicted octanol–water partition coefficient (Wildman–Crippen LogP) is 5.04. The molecule has 3 aromatic heterocycles. The minimum Gasteiger partial charge on any atom is -0.466 e. The van der Waals surface area contributed by atoms with Crippen LogP contribution in [0.3, 0.4) is 0 Å². The van der Waals surface area contributed by atoms with Crippen molar-refractivity contribution in [2.24, 2.45) is 4.99 Å². The molecule has 1 aliphatic rings. The standard InChI is InChI=1S/C24H16Cl2N2O4S2/c1-12-20(23(30)31-2)21(18-4-3-9-33-18)28-22(29)19(34-24(28)27-12)11-14-6-8-17(32-14)15-10-13(25)5-7-16(15)26/h3-11,21H,1-2H3/b19-11+. The van der Waals surface area contributed by atoms with E-state index in [4.69, 9.17) is 32.4 Å². The maximum absolute atomic E-state index is 13.5. The first-order chi connectivity index (χ1) is 16.4. The van der Waals surface area contributed by atoms with Gasteiger partial charge in [0, 0.05) is 21.5 Å². The van der Waals surface area contributed by atoms with Gasteiger partial charge in [0.2, 0.25) is 0 Å². The zero-order valence-corrected chi connectivity index (χ0v) is 21.0. The van der Waals surface area contributed by atoms with E-state index in [0.717, 1.165) is 4.88 Å². The maximum Gasteiger partial charge on any atom is 0.338 e. The molecule has 0 amide bonds. The highest BCUT2D eigenvalue weighted by Crippen LogP contribution is 2.34. The number of thiophene rings is 1. The van der Waals surface area contributed by atoms with Crippen molar-refractivity contribution in [1.82, 2.24) is 4.57 Å². The summed E-state index contributed by atoms with van der Waals surface area (Å²) in [5.74, 6) is 0.503. The van der Waals surface area contributed by atoms with Crippen LogP contribution in [-0.4, -0.2) is 17.6 Å². The number of ether oxygens (including phenoxy) is 1. The summed E-state index contributed by atoms with van der Waals surface area (Å²) in [7, 11) is 1.32. The molecule has 172 valence electrons. The molecule has 0 fully saturated rings. The SMILES string of the molecule is COC(=O)C1=C(C)N=c2s/c(=C/c3ccc(-c4cc(Cl)ccc4Cl)o3)c(=O)n2C1c1cccs1. The summed E-state index contributed by atoms with van der Waals surface area (Å²) in [6.07, 6.45) is 1.66. The Balaban J connectivity index is 1.64. The second kappa shape index (κ2) is 9.03. The molecule has 1 atom stereocenters. The molecule has 0 aliphatic carbocycles. The van der Waals surface area contributed by atoms with Crippen LogP contribution in [0.1, 0.15) is 23.6 Å². The number of hydrogen-bond acceptors (Lipinski definition) is 7. The van der Waals surface area contributed by atoms with Crippen LogP contribution in [0.4, 0.5) is 0 Å². The van der Waals surface area contributed by atoms with Crippen LogP contribution in [0.2, 0.25) is 10.0 Å². The summed E-state index contributed by atoms with van der Waals surface area (Å²) in [6.45, 7) is 1.75. The average molecular weight is 531 g/mol. The van der Waals surface area contributed by atoms with Gasteiger partial charge in [-0.2, -0.15) is 0 Å². The summed E-state index contributed by atoms with van der Waals surface area (Å²) in [6, 6.07) is 11.8. The molecule has 4 heterocycles. The Labute approximate surface area is 211 Å². The van der Waals surface area contributed by atoms with E-state index in [0.29, 0.717) is 47.7 Å². The summed E-state index contributed by atoms with van der Waals surface area (Å²) in [5, 5.41) is 2.95. The van der Waals surface area contributed by atoms with Gasteiger partial charge in [-0.25, -0.2) is 9.79 Å². The molecule has 0 radical (unpaired) electrons. The smallest absolute Gasteiger partial charge is 0.338 e. The lowest BCUT2D eigenvalue weighted by molar-refractivity contribution is -0.136. The zero-order valence-electron chi connectivity index (χ0n) is 17.9. The molecule has 0 saturated carbocycles. The highest BCUT2D eigenvalue weighted by molar-refractivity contribution is 7.10. The number of allylic oxidation sites excluding steroid dienone is 1. The van der Waals surface area contributed by atoms with Gasteiger partial charge in [0.05, 0.1) is 27.9 Å². The highest BCUT2D eigenvalue weighted by atomic mass is 35.5. The minimum absolute atomic E-state index is 0.269. The van der Waals surface area contributed by atoms with E-state index < -0.39 is 12.0 Å². The zero-order chi connectivity index (χ0) is 24.0. The first-order valence-corrected chi connectivity index (χ1v) is 12.5. The number of carbonyl (C=O) groups is 1. The quantitative estimate of drug-likeness (QED) is 0.346. The van der Waals surface area contributed by atoms with Crippen molar-refractivity contribution in [3.63, 3.8) is 0 Å². The lowest BCUT2D eigenvalue weighted by Gasteiger charge is -2.22. The van der Waals surface area contributed by atoms with Crippen molar-refractivity contribution in [3.05, 3.63) is 99.5 Å². The Hall–Kier alpha value is -2.91. The first kappa shape index (κ1) is 22.9. The monoisotopic (exact) mass is 530 g/mol. The molecule has 1 unspecified atom stereocenters. The lowest BCUT2D eigenvalue weighted by Crippen LogP contribution is -2.39. The van der Waals surface area contributed by atoms with Crippen LogP contribution in [0.15, 0.2) is 73.3 Å². The molecular formula is C24H16Cl2N2O4S2. The maximum atomic E-state index is 13.5. The molecule has 5 rings (SSSR count). The van der Waals surface area contributed by atoms with Crippen LogP contribution >= 0.6 is 45.9 Å². The minimum atomic E-state index is -0.608. The first-order valence-electron chi connectivity index (χ1n) is 10.1. The van der Waals surface area contributed by atoms with E-state index in [9.17, 15) is 9.59 Å². The van der Waals surface area contributed by atoms with Crippen molar-refractivity contribution < 1.29 is 13.9 Å². The van der Waals surface area contributed by atoms with Crippen LogP contribution in [0, 0.1) is 0 Å². The normalized spacial score (nSPS) is 15.9. The number of furan rings is 1. The van der Waals surface area contributed by atoms with E-state index in [1.807, 2.05) is 17.5 Å². The Morgan fingerprint density at radius 3 is 2.79 bits per heavy atom. The molecule has 1 aromatic carbocycles. The van der Waals surface area contributed by atoms with E-state index >= 15 is 0 Å². The molecule has 34 heavy (non-hydrogen) atoms. The fourth-order valence-electron chi connectivity index (χ4n) is 3.80. The molecule has 4 aromatic rings. The van der Waals surface area contributed by atoms with Crippen molar-refractivity contribution in [3.8, 4) is 11.3 Å². The Morgan fingerprint density at radius 2 is 2.06 bits per heavy atom. The number of halogens is 2. The molecule has 10 heteroatoms. The van der Waals surface area contributed by atoms with Gasteiger partial charge in [-0.15, -0.1) is 11.3 Å². The van der Waals surface area contributed by atoms with E-state index in [1.165, 1.54) is 29.8 Å². The van der Waals surface area contributed by atoms with E-state index in [2.05, 4.69) is 4.99 Å². The van der Waals surface area contributed by atoms with E-state index in [-0.39, 0.29) is 5.56 Å². The largest absolute Gasteiger partial charge is 0.466 e. The van der Waals surface area contributed by atoms with Crippen LogP contribution < -0.4 is 14.9 Å². The molecule has 6 nitrogen and oxygen atoms in total. The van der Waals surface area contributed by atoms with Gasteiger partial charge in [-0.1, -0.05) is 40.6 Å². The highest BCUT2D eigenvalue weighted by Gasteiger charge is 2.33. The van der Waals surface area contributed by atoms with Gasteiger partial charge in [-0.3, -0.25) is 9.36 Å². The summed E-state index contributed by atoms with van der Waals surface area (Å²) < 4.78 is 12.9.